The molecule has 0 aliphatic rings. The van der Waals surface area contributed by atoms with Crippen molar-refractivity contribution in [1.82, 2.24) is 0 Å². The van der Waals surface area contributed by atoms with Gasteiger partial charge in [0.2, 0.25) is 0 Å². The van der Waals surface area contributed by atoms with E-state index in [1.165, 1.54) is 12.1 Å². The van der Waals surface area contributed by atoms with E-state index in [0.29, 0.717) is 12.0 Å². The van der Waals surface area contributed by atoms with Gasteiger partial charge in [-0.1, -0.05) is 33.3 Å². The van der Waals surface area contributed by atoms with Gasteiger partial charge < -0.3 is 0 Å². The molecule has 0 saturated carbocycles. The number of aliphatic imine (C=N–C) groups is 1. The van der Waals surface area contributed by atoms with Crippen LogP contribution in [0.1, 0.15) is 47.5 Å². The zero-order valence-corrected chi connectivity index (χ0v) is 9.67. The SMILES string of the molecule is CCCC(/C=C\C(C)C)=N/C(C)C. The second-order valence-corrected chi connectivity index (χ2v) is 4.07. The van der Waals surface area contributed by atoms with Crippen LogP contribution in [0.4, 0.5) is 0 Å². The molecule has 0 heterocycles. The summed E-state index contributed by atoms with van der Waals surface area (Å²) in [6.07, 6.45) is 6.67. The third-order valence-electron chi connectivity index (χ3n) is 1.60. The lowest BCUT2D eigenvalue weighted by Crippen LogP contribution is -1.99. The first-order valence-corrected chi connectivity index (χ1v) is 5.31. The molecular weight excluding hydrogens is 158 g/mol. The predicted molar refractivity (Wildman–Crippen MR) is 61.5 cm³/mol. The molecule has 0 saturated heterocycles. The maximum absolute atomic E-state index is 4.57. The maximum Gasteiger partial charge on any atom is 0.0446 e. The molecule has 0 aromatic heterocycles. The molecule has 1 nitrogen and oxygen atoms in total. The number of rotatable bonds is 5. The van der Waals surface area contributed by atoms with Crippen molar-refractivity contribution in [2.45, 2.75) is 53.5 Å². The average Bonchev–Trinajstić information content (AvgIpc) is 1.99. The van der Waals surface area contributed by atoms with E-state index in [1.807, 2.05) is 0 Å². The minimum Gasteiger partial charge on any atom is -0.287 e. The number of nitrogens with zero attached hydrogens (tertiary/aromatic N) is 1. The fraction of sp³-hybridized carbons (Fsp3) is 0.750. The highest BCUT2D eigenvalue weighted by molar-refractivity contribution is 5.95. The lowest BCUT2D eigenvalue weighted by atomic mass is 10.1. The molecule has 0 aliphatic carbocycles. The summed E-state index contributed by atoms with van der Waals surface area (Å²) >= 11 is 0. The fourth-order valence-electron chi connectivity index (χ4n) is 1.08. The van der Waals surface area contributed by atoms with Crippen LogP contribution >= 0.6 is 0 Å². The smallest absolute Gasteiger partial charge is 0.0446 e. The van der Waals surface area contributed by atoms with E-state index >= 15 is 0 Å². The Morgan fingerprint density at radius 2 is 1.85 bits per heavy atom. The van der Waals surface area contributed by atoms with Crippen LogP contribution in [0.2, 0.25) is 0 Å². The minimum absolute atomic E-state index is 0.415. The number of hydrogen-bond acceptors (Lipinski definition) is 1. The molecule has 0 bridgehead atoms. The molecule has 0 fully saturated rings. The lowest BCUT2D eigenvalue weighted by molar-refractivity contribution is 0.818. The molecule has 0 aromatic rings. The van der Waals surface area contributed by atoms with Crippen molar-refractivity contribution in [3.05, 3.63) is 12.2 Å². The van der Waals surface area contributed by atoms with Crippen LogP contribution in [-0.4, -0.2) is 11.8 Å². The standard InChI is InChI=1S/C12H23N/c1-6-7-12(13-11(4)5)9-8-10(2)3/h8-11H,6-7H2,1-5H3/b9-8-,13-12-. The summed E-state index contributed by atoms with van der Waals surface area (Å²) in [5.41, 5.74) is 1.24. The van der Waals surface area contributed by atoms with Gasteiger partial charge in [0.15, 0.2) is 0 Å². The Labute approximate surface area is 83.0 Å². The van der Waals surface area contributed by atoms with Gasteiger partial charge in [-0.3, -0.25) is 4.99 Å². The van der Waals surface area contributed by atoms with Crippen molar-refractivity contribution in [2.75, 3.05) is 0 Å². The second kappa shape index (κ2) is 6.88. The van der Waals surface area contributed by atoms with Crippen molar-refractivity contribution in [3.63, 3.8) is 0 Å². The largest absolute Gasteiger partial charge is 0.287 e. The maximum atomic E-state index is 4.57. The second-order valence-electron chi connectivity index (χ2n) is 4.07. The Morgan fingerprint density at radius 3 is 2.23 bits per heavy atom. The Morgan fingerprint density at radius 1 is 1.23 bits per heavy atom. The van der Waals surface area contributed by atoms with Gasteiger partial charge in [-0.05, 0) is 32.3 Å². The Kier molecular flexibility index (Phi) is 6.56. The fourth-order valence-corrected chi connectivity index (χ4v) is 1.08. The molecule has 0 N–H and O–H groups in total. The van der Waals surface area contributed by atoms with Crippen molar-refractivity contribution >= 4 is 5.71 Å². The van der Waals surface area contributed by atoms with E-state index in [9.17, 15) is 0 Å². The van der Waals surface area contributed by atoms with Gasteiger partial charge in [0.25, 0.3) is 0 Å². The zero-order chi connectivity index (χ0) is 10.3. The van der Waals surface area contributed by atoms with Crippen LogP contribution in [0.25, 0.3) is 0 Å². The summed E-state index contributed by atoms with van der Waals surface area (Å²) in [6.45, 7) is 10.8. The van der Waals surface area contributed by atoms with Gasteiger partial charge in [-0.2, -0.15) is 0 Å². The van der Waals surface area contributed by atoms with Crippen LogP contribution in [0.15, 0.2) is 17.1 Å². The topological polar surface area (TPSA) is 12.4 Å². The van der Waals surface area contributed by atoms with Gasteiger partial charge in [-0.15, -0.1) is 0 Å². The first-order chi connectivity index (χ1) is 6.06. The molecule has 0 rings (SSSR count). The van der Waals surface area contributed by atoms with Crippen molar-refractivity contribution in [2.24, 2.45) is 10.9 Å². The van der Waals surface area contributed by atoms with Crippen molar-refractivity contribution in [1.29, 1.82) is 0 Å². The van der Waals surface area contributed by atoms with E-state index in [4.69, 9.17) is 0 Å². The van der Waals surface area contributed by atoms with Crippen LogP contribution < -0.4 is 0 Å². The van der Waals surface area contributed by atoms with Gasteiger partial charge in [-0.25, -0.2) is 0 Å². The van der Waals surface area contributed by atoms with E-state index < -0.39 is 0 Å². The van der Waals surface area contributed by atoms with Gasteiger partial charge in [0.1, 0.15) is 0 Å². The predicted octanol–water partition coefficient (Wildman–Crippen LogP) is 3.85. The third kappa shape index (κ3) is 7.76. The molecule has 0 radical (unpaired) electrons. The first-order valence-electron chi connectivity index (χ1n) is 5.31. The monoisotopic (exact) mass is 181 g/mol. The van der Waals surface area contributed by atoms with Gasteiger partial charge >= 0.3 is 0 Å². The van der Waals surface area contributed by atoms with E-state index in [0.717, 1.165) is 6.42 Å². The van der Waals surface area contributed by atoms with E-state index in [1.54, 1.807) is 0 Å². The van der Waals surface area contributed by atoms with Gasteiger partial charge in [0.05, 0.1) is 0 Å². The van der Waals surface area contributed by atoms with E-state index in [2.05, 4.69) is 51.8 Å². The molecule has 0 atom stereocenters. The molecular formula is C12H23N. The molecule has 76 valence electrons. The molecule has 0 unspecified atom stereocenters. The Balaban J connectivity index is 4.25. The zero-order valence-electron chi connectivity index (χ0n) is 9.67. The van der Waals surface area contributed by atoms with Gasteiger partial charge in [0, 0.05) is 11.8 Å². The summed E-state index contributed by atoms with van der Waals surface area (Å²) in [6, 6.07) is 0.415. The van der Waals surface area contributed by atoms with E-state index in [-0.39, 0.29) is 0 Å². The van der Waals surface area contributed by atoms with Crippen molar-refractivity contribution in [3.8, 4) is 0 Å². The molecule has 13 heavy (non-hydrogen) atoms. The summed E-state index contributed by atoms with van der Waals surface area (Å²) in [5.74, 6) is 0.620. The molecule has 0 spiro atoms. The normalized spacial score (nSPS) is 13.6. The lowest BCUT2D eigenvalue weighted by Gasteiger charge is -2.03. The highest BCUT2D eigenvalue weighted by Gasteiger charge is 1.95. The highest BCUT2D eigenvalue weighted by Crippen LogP contribution is 2.01. The Bertz CT molecular complexity index is 176. The number of allylic oxidation sites excluding steroid dienone is 2. The number of hydrogen-bond donors (Lipinski definition) is 0. The minimum atomic E-state index is 0.415. The van der Waals surface area contributed by atoms with Crippen molar-refractivity contribution < 1.29 is 0 Å². The van der Waals surface area contributed by atoms with Crippen LogP contribution in [0.3, 0.4) is 0 Å². The highest BCUT2D eigenvalue weighted by atomic mass is 14.8. The first kappa shape index (κ1) is 12.4. The average molecular weight is 181 g/mol. The third-order valence-corrected chi connectivity index (χ3v) is 1.60. The summed E-state index contributed by atoms with van der Waals surface area (Å²) in [5, 5.41) is 0. The summed E-state index contributed by atoms with van der Waals surface area (Å²) in [7, 11) is 0. The molecule has 0 aromatic carbocycles. The van der Waals surface area contributed by atoms with Crippen LogP contribution in [0.5, 0.6) is 0 Å². The van der Waals surface area contributed by atoms with Crippen LogP contribution in [0, 0.1) is 5.92 Å². The molecule has 1 heteroatoms. The molecule has 0 aliphatic heterocycles. The molecule has 0 amide bonds. The Hall–Kier alpha value is -0.590. The quantitative estimate of drug-likeness (QED) is 0.571. The summed E-state index contributed by atoms with van der Waals surface area (Å²) < 4.78 is 0. The summed E-state index contributed by atoms with van der Waals surface area (Å²) in [4.78, 5) is 4.57. The van der Waals surface area contributed by atoms with Crippen LogP contribution in [-0.2, 0) is 0 Å².